The molecule has 0 bridgehead atoms. The molecule has 3 heterocycles. The summed E-state index contributed by atoms with van der Waals surface area (Å²) in [6, 6.07) is 7.55. The highest BCUT2D eigenvalue weighted by molar-refractivity contribution is 6.00. The summed E-state index contributed by atoms with van der Waals surface area (Å²) in [6.07, 6.45) is 5.85. The van der Waals surface area contributed by atoms with E-state index in [0.717, 1.165) is 43.5 Å². The van der Waals surface area contributed by atoms with Crippen LogP contribution in [-0.2, 0) is 9.53 Å². The van der Waals surface area contributed by atoms with Crippen LogP contribution in [0, 0.1) is 13.8 Å². The second-order valence-electron chi connectivity index (χ2n) is 8.26. The van der Waals surface area contributed by atoms with Crippen molar-refractivity contribution in [1.82, 2.24) is 9.88 Å². The van der Waals surface area contributed by atoms with Crippen LogP contribution in [0.4, 0.5) is 11.4 Å². The van der Waals surface area contributed by atoms with Crippen LogP contribution in [-0.4, -0.2) is 60.6 Å². The maximum absolute atomic E-state index is 13.3. The number of ether oxygens (including phenoxy) is 1. The van der Waals surface area contributed by atoms with E-state index in [4.69, 9.17) is 4.74 Å². The zero-order valence-electron chi connectivity index (χ0n) is 18.3. The first-order chi connectivity index (χ1) is 15.0. The number of carbonyl (C=O) groups is 2. The van der Waals surface area contributed by atoms with Gasteiger partial charge in [0.05, 0.1) is 0 Å². The molecule has 2 amide bonds. The van der Waals surface area contributed by atoms with Crippen LogP contribution in [0.3, 0.4) is 0 Å². The quantitative estimate of drug-likeness (QED) is 0.819. The second-order valence-corrected chi connectivity index (χ2v) is 8.26. The minimum atomic E-state index is -0.396. The number of hydrogen-bond acceptors (Lipinski definition) is 5. The van der Waals surface area contributed by atoms with E-state index in [1.54, 1.807) is 0 Å². The number of nitrogens with one attached hydrogen (secondary N) is 1. The van der Waals surface area contributed by atoms with Crippen LogP contribution in [0.5, 0.6) is 0 Å². The maximum Gasteiger partial charge on any atom is 0.254 e. The summed E-state index contributed by atoms with van der Waals surface area (Å²) in [5.74, 6) is -0.123. The minimum absolute atomic E-state index is 0.0130. The third-order valence-electron chi connectivity index (χ3n) is 6.16. The number of hydrogen-bond donors (Lipinski definition) is 1. The van der Waals surface area contributed by atoms with E-state index in [-0.39, 0.29) is 11.8 Å². The van der Waals surface area contributed by atoms with Gasteiger partial charge >= 0.3 is 0 Å². The fraction of sp³-hybridized carbons (Fsp3) is 0.458. The lowest BCUT2D eigenvalue weighted by Crippen LogP contribution is -2.36. The van der Waals surface area contributed by atoms with E-state index in [0.29, 0.717) is 30.9 Å². The van der Waals surface area contributed by atoms with Gasteiger partial charge < -0.3 is 19.9 Å². The molecule has 2 fully saturated rings. The molecule has 0 aliphatic carbocycles. The largest absolute Gasteiger partial charge is 0.369 e. The predicted molar refractivity (Wildman–Crippen MR) is 120 cm³/mol. The Kier molecular flexibility index (Phi) is 6.51. The molecule has 1 atom stereocenters. The number of aromatic nitrogens is 1. The number of amides is 2. The molecule has 1 aromatic heterocycles. The van der Waals surface area contributed by atoms with Gasteiger partial charge in [0.1, 0.15) is 6.10 Å². The highest BCUT2D eigenvalue weighted by atomic mass is 16.5. The van der Waals surface area contributed by atoms with Gasteiger partial charge in [-0.15, -0.1) is 0 Å². The number of anilines is 2. The standard InChI is InChI=1S/C24H30N4O3/c1-17-16-25-10-9-21(17)27-11-5-12-28(14-13-27)24(30)19-6-3-7-20(18(19)2)26-23(29)22-8-4-15-31-22/h3,6-7,9-10,16,22H,4-5,8,11-15H2,1-2H3,(H,26,29). The molecular formula is C24H30N4O3. The molecule has 2 aromatic rings. The summed E-state index contributed by atoms with van der Waals surface area (Å²) >= 11 is 0. The lowest BCUT2D eigenvalue weighted by atomic mass is 10.0. The van der Waals surface area contributed by atoms with Crippen LogP contribution in [0.15, 0.2) is 36.7 Å². The Morgan fingerprint density at radius 2 is 1.97 bits per heavy atom. The molecule has 0 spiro atoms. The Hall–Kier alpha value is -2.93. The lowest BCUT2D eigenvalue weighted by molar-refractivity contribution is -0.124. The SMILES string of the molecule is Cc1cnccc1N1CCCN(C(=O)c2cccc(NC(=O)C3CCCO3)c2C)CC1. The van der Waals surface area contributed by atoms with Gasteiger partial charge in [0, 0.05) is 62.1 Å². The van der Waals surface area contributed by atoms with Crippen molar-refractivity contribution in [2.75, 3.05) is 43.0 Å². The van der Waals surface area contributed by atoms with Crippen molar-refractivity contribution in [2.45, 2.75) is 39.2 Å². The predicted octanol–water partition coefficient (Wildman–Crippen LogP) is 3.17. The zero-order valence-corrected chi connectivity index (χ0v) is 18.3. The number of pyridine rings is 1. The highest BCUT2D eigenvalue weighted by Crippen LogP contribution is 2.24. The summed E-state index contributed by atoms with van der Waals surface area (Å²) in [5.41, 5.74) is 4.44. The van der Waals surface area contributed by atoms with Crippen LogP contribution in [0.2, 0.25) is 0 Å². The minimum Gasteiger partial charge on any atom is -0.369 e. The Morgan fingerprint density at radius 1 is 1.10 bits per heavy atom. The fourth-order valence-corrected chi connectivity index (χ4v) is 4.35. The van der Waals surface area contributed by atoms with Gasteiger partial charge in [0.25, 0.3) is 11.8 Å². The van der Waals surface area contributed by atoms with E-state index in [2.05, 4.69) is 22.1 Å². The average molecular weight is 423 g/mol. The van der Waals surface area contributed by atoms with Crippen molar-refractivity contribution in [2.24, 2.45) is 0 Å². The van der Waals surface area contributed by atoms with Crippen molar-refractivity contribution in [3.8, 4) is 0 Å². The lowest BCUT2D eigenvalue weighted by Gasteiger charge is -2.25. The third-order valence-corrected chi connectivity index (χ3v) is 6.16. The topological polar surface area (TPSA) is 74.8 Å². The normalized spacial score (nSPS) is 19.2. The number of aryl methyl sites for hydroxylation is 1. The van der Waals surface area contributed by atoms with Gasteiger partial charge in [-0.2, -0.15) is 0 Å². The van der Waals surface area contributed by atoms with Gasteiger partial charge in [-0.05, 0) is 62.4 Å². The Bertz CT molecular complexity index is 956. The number of rotatable bonds is 4. The van der Waals surface area contributed by atoms with Crippen molar-refractivity contribution < 1.29 is 14.3 Å². The summed E-state index contributed by atoms with van der Waals surface area (Å²) < 4.78 is 5.47. The molecule has 7 nitrogen and oxygen atoms in total. The molecule has 2 aliphatic heterocycles. The van der Waals surface area contributed by atoms with E-state index in [1.807, 2.05) is 48.5 Å². The van der Waals surface area contributed by atoms with Crippen molar-refractivity contribution >= 4 is 23.2 Å². The van der Waals surface area contributed by atoms with E-state index < -0.39 is 6.10 Å². The Balaban J connectivity index is 1.45. The monoisotopic (exact) mass is 422 g/mol. The van der Waals surface area contributed by atoms with E-state index in [9.17, 15) is 9.59 Å². The molecule has 0 saturated carbocycles. The first-order valence-corrected chi connectivity index (χ1v) is 11.0. The maximum atomic E-state index is 13.3. The number of nitrogens with zero attached hydrogens (tertiary/aromatic N) is 3. The molecule has 1 N–H and O–H groups in total. The summed E-state index contributed by atoms with van der Waals surface area (Å²) in [6.45, 7) is 7.65. The first kappa shape index (κ1) is 21.3. The summed E-state index contributed by atoms with van der Waals surface area (Å²) in [5, 5.41) is 2.95. The summed E-state index contributed by atoms with van der Waals surface area (Å²) in [7, 11) is 0. The molecule has 4 rings (SSSR count). The van der Waals surface area contributed by atoms with Gasteiger partial charge in [0.15, 0.2) is 0 Å². The molecule has 2 aliphatic rings. The Morgan fingerprint density at radius 3 is 2.74 bits per heavy atom. The summed E-state index contributed by atoms with van der Waals surface area (Å²) in [4.78, 5) is 34.2. The molecule has 164 valence electrons. The van der Waals surface area contributed by atoms with Crippen molar-refractivity contribution in [3.05, 3.63) is 53.3 Å². The average Bonchev–Trinajstić information content (AvgIpc) is 3.21. The van der Waals surface area contributed by atoms with Crippen molar-refractivity contribution in [3.63, 3.8) is 0 Å². The van der Waals surface area contributed by atoms with E-state index >= 15 is 0 Å². The Labute approximate surface area is 183 Å². The molecule has 0 radical (unpaired) electrons. The first-order valence-electron chi connectivity index (χ1n) is 11.0. The van der Waals surface area contributed by atoms with Gasteiger partial charge in [-0.25, -0.2) is 0 Å². The molecule has 7 heteroatoms. The van der Waals surface area contributed by atoms with E-state index in [1.165, 1.54) is 5.69 Å². The van der Waals surface area contributed by atoms with Crippen LogP contribution in [0.1, 0.15) is 40.7 Å². The van der Waals surface area contributed by atoms with Gasteiger partial charge in [-0.1, -0.05) is 6.07 Å². The second kappa shape index (κ2) is 9.47. The highest BCUT2D eigenvalue weighted by Gasteiger charge is 2.26. The molecule has 2 saturated heterocycles. The van der Waals surface area contributed by atoms with Gasteiger partial charge in [-0.3, -0.25) is 14.6 Å². The molecule has 1 aromatic carbocycles. The van der Waals surface area contributed by atoms with Gasteiger partial charge in [0.2, 0.25) is 0 Å². The smallest absolute Gasteiger partial charge is 0.254 e. The van der Waals surface area contributed by atoms with Crippen molar-refractivity contribution in [1.29, 1.82) is 0 Å². The fourth-order valence-electron chi connectivity index (χ4n) is 4.35. The molecule has 1 unspecified atom stereocenters. The zero-order chi connectivity index (χ0) is 21.8. The molecule has 31 heavy (non-hydrogen) atoms. The number of carbonyl (C=O) groups excluding carboxylic acids is 2. The third kappa shape index (κ3) is 4.71. The van der Waals surface area contributed by atoms with Crippen LogP contribution >= 0.6 is 0 Å². The number of benzene rings is 1. The van der Waals surface area contributed by atoms with Crippen LogP contribution in [0.25, 0.3) is 0 Å². The van der Waals surface area contributed by atoms with Crippen LogP contribution < -0.4 is 10.2 Å². The molecular weight excluding hydrogens is 392 g/mol.